The van der Waals surface area contributed by atoms with E-state index in [1.165, 1.54) is 0 Å². The van der Waals surface area contributed by atoms with Crippen molar-refractivity contribution in [1.82, 2.24) is 19.9 Å². The van der Waals surface area contributed by atoms with Crippen LogP contribution in [-0.4, -0.2) is 24.8 Å². The van der Waals surface area contributed by atoms with Crippen molar-refractivity contribution >= 4 is 34.4 Å². The van der Waals surface area contributed by atoms with Crippen molar-refractivity contribution in [3.8, 4) is 10.9 Å². The Labute approximate surface area is 189 Å². The molecule has 0 unspecified atom stereocenters. The maximum absolute atomic E-state index is 10.6. The molecular formula is C23H21N5OS2. The molecule has 0 aliphatic carbocycles. The molecule has 1 fully saturated rings. The highest BCUT2D eigenvalue weighted by molar-refractivity contribution is 7.80. The van der Waals surface area contributed by atoms with Crippen molar-refractivity contribution in [3.63, 3.8) is 0 Å². The number of anilines is 1. The lowest BCUT2D eigenvalue weighted by Crippen LogP contribution is -2.29. The molecule has 1 saturated heterocycles. The minimum Gasteiger partial charge on any atom is -0.506 e. The molecule has 4 heterocycles. The number of nitrogens with one attached hydrogen (secondary N) is 1. The monoisotopic (exact) mass is 447 g/mol. The number of hydrogen-bond donors (Lipinski definition) is 2. The average molecular weight is 448 g/mol. The van der Waals surface area contributed by atoms with Gasteiger partial charge in [-0.15, -0.1) is 11.3 Å². The number of hydrogen-bond acceptors (Lipinski definition) is 5. The molecule has 156 valence electrons. The number of rotatable bonds is 4. The number of thiocarbonyl (C=S) groups is 1. The summed E-state index contributed by atoms with van der Waals surface area (Å²) in [5.74, 6) is 0.187. The standard InChI is InChI=1S/C23H21N5OS2/c1-14-13-16(15(2)27(14)23-25-11-12-31-23)21-20(17-7-5-6-10-24-17)26-22(30)28(21)18-8-3-4-9-19(18)29/h3-13,20-21,29H,1-2H3,(H,26,30)/t20-,21+/m1/s1. The smallest absolute Gasteiger partial charge is 0.193 e. The van der Waals surface area contributed by atoms with Crippen molar-refractivity contribution in [2.45, 2.75) is 25.9 Å². The SMILES string of the molecule is Cc1cc([C@H]2[C@@H](c3ccccn3)NC(=S)N2c2ccccc2O)c(C)n1-c1nccs1. The number of pyridine rings is 1. The van der Waals surface area contributed by atoms with Crippen LogP contribution in [0.1, 0.15) is 34.7 Å². The molecule has 6 nitrogen and oxygen atoms in total. The summed E-state index contributed by atoms with van der Waals surface area (Å²) in [6.07, 6.45) is 3.61. The molecule has 4 aromatic rings. The first kappa shape index (κ1) is 19.7. The highest BCUT2D eigenvalue weighted by Crippen LogP contribution is 2.45. The van der Waals surface area contributed by atoms with E-state index >= 15 is 0 Å². The van der Waals surface area contributed by atoms with Crippen LogP contribution in [0.3, 0.4) is 0 Å². The van der Waals surface area contributed by atoms with E-state index in [9.17, 15) is 5.11 Å². The zero-order valence-corrected chi connectivity index (χ0v) is 18.7. The fraction of sp³-hybridized carbons (Fsp3) is 0.174. The summed E-state index contributed by atoms with van der Waals surface area (Å²) in [5, 5.41) is 17.5. The van der Waals surface area contributed by atoms with E-state index in [1.807, 2.05) is 52.9 Å². The lowest BCUT2D eigenvalue weighted by molar-refractivity contribution is 0.472. The van der Waals surface area contributed by atoms with E-state index in [-0.39, 0.29) is 17.8 Å². The fourth-order valence-electron chi connectivity index (χ4n) is 4.31. The van der Waals surface area contributed by atoms with Gasteiger partial charge in [-0.3, -0.25) is 9.55 Å². The molecule has 0 spiro atoms. The number of aromatic nitrogens is 3. The van der Waals surface area contributed by atoms with Gasteiger partial charge in [0, 0.05) is 29.2 Å². The molecule has 5 rings (SSSR count). The van der Waals surface area contributed by atoms with E-state index in [2.05, 4.69) is 39.8 Å². The van der Waals surface area contributed by atoms with Crippen molar-refractivity contribution in [3.05, 3.63) is 88.9 Å². The van der Waals surface area contributed by atoms with Gasteiger partial charge < -0.3 is 15.3 Å². The summed E-state index contributed by atoms with van der Waals surface area (Å²) in [6, 6.07) is 15.0. The largest absolute Gasteiger partial charge is 0.506 e. The summed E-state index contributed by atoms with van der Waals surface area (Å²) in [6.45, 7) is 4.18. The van der Waals surface area contributed by atoms with Gasteiger partial charge in [0.15, 0.2) is 10.2 Å². The molecule has 2 atom stereocenters. The Kier molecular flexibility index (Phi) is 4.95. The summed E-state index contributed by atoms with van der Waals surface area (Å²) in [5.41, 5.74) is 4.86. The van der Waals surface area contributed by atoms with Crippen LogP contribution in [0.25, 0.3) is 5.13 Å². The number of nitrogens with zero attached hydrogens (tertiary/aromatic N) is 4. The third-order valence-corrected chi connectivity index (χ3v) is 6.71. The second kappa shape index (κ2) is 7.79. The van der Waals surface area contributed by atoms with Crippen LogP contribution in [0.4, 0.5) is 5.69 Å². The Morgan fingerprint density at radius 3 is 2.58 bits per heavy atom. The molecule has 1 aromatic carbocycles. The minimum absolute atomic E-state index is 0.168. The Bertz CT molecular complexity index is 1240. The van der Waals surface area contributed by atoms with Crippen molar-refractivity contribution in [1.29, 1.82) is 0 Å². The van der Waals surface area contributed by atoms with Gasteiger partial charge in [0.05, 0.1) is 23.5 Å². The van der Waals surface area contributed by atoms with Crippen LogP contribution >= 0.6 is 23.6 Å². The molecule has 0 saturated carbocycles. The molecule has 1 aliphatic rings. The van der Waals surface area contributed by atoms with Gasteiger partial charge in [-0.2, -0.15) is 0 Å². The van der Waals surface area contributed by atoms with Crippen LogP contribution in [-0.2, 0) is 0 Å². The number of para-hydroxylation sites is 2. The highest BCUT2D eigenvalue weighted by Gasteiger charge is 2.43. The summed E-state index contributed by atoms with van der Waals surface area (Å²) in [4.78, 5) is 11.1. The van der Waals surface area contributed by atoms with Gasteiger partial charge >= 0.3 is 0 Å². The van der Waals surface area contributed by atoms with Gasteiger partial charge in [-0.05, 0) is 62.0 Å². The number of benzene rings is 1. The van der Waals surface area contributed by atoms with Gasteiger partial charge in [0.25, 0.3) is 0 Å². The fourth-order valence-corrected chi connectivity index (χ4v) is 5.40. The number of phenols is 1. The van der Waals surface area contributed by atoms with Crippen LogP contribution in [0.15, 0.2) is 66.3 Å². The van der Waals surface area contributed by atoms with Crippen LogP contribution in [0.5, 0.6) is 5.75 Å². The molecule has 0 radical (unpaired) electrons. The molecule has 3 aromatic heterocycles. The van der Waals surface area contributed by atoms with Crippen LogP contribution in [0.2, 0.25) is 0 Å². The first-order valence-corrected chi connectivity index (χ1v) is 11.2. The molecule has 1 aliphatic heterocycles. The van der Waals surface area contributed by atoms with Gasteiger partial charge in [-0.1, -0.05) is 18.2 Å². The van der Waals surface area contributed by atoms with Gasteiger partial charge in [0.1, 0.15) is 5.75 Å². The van der Waals surface area contributed by atoms with Crippen LogP contribution in [0, 0.1) is 13.8 Å². The van der Waals surface area contributed by atoms with E-state index in [1.54, 1.807) is 23.6 Å². The predicted molar refractivity (Wildman–Crippen MR) is 127 cm³/mol. The first-order valence-electron chi connectivity index (χ1n) is 9.93. The Morgan fingerprint density at radius 2 is 1.87 bits per heavy atom. The lowest BCUT2D eigenvalue weighted by atomic mass is 9.96. The van der Waals surface area contributed by atoms with Crippen molar-refractivity contribution < 1.29 is 5.11 Å². The number of aryl methyl sites for hydroxylation is 1. The summed E-state index contributed by atoms with van der Waals surface area (Å²) < 4.78 is 2.17. The second-order valence-corrected chi connectivity index (χ2v) is 8.72. The number of phenolic OH excluding ortho intramolecular Hbond substituents is 1. The Balaban J connectivity index is 1.70. The maximum atomic E-state index is 10.6. The normalized spacial score (nSPS) is 18.4. The van der Waals surface area contributed by atoms with Crippen molar-refractivity contribution in [2.24, 2.45) is 0 Å². The zero-order valence-electron chi connectivity index (χ0n) is 17.1. The van der Waals surface area contributed by atoms with E-state index < -0.39 is 0 Å². The van der Waals surface area contributed by atoms with E-state index in [0.29, 0.717) is 10.8 Å². The molecule has 0 bridgehead atoms. The van der Waals surface area contributed by atoms with Crippen molar-refractivity contribution in [2.75, 3.05) is 4.90 Å². The highest BCUT2D eigenvalue weighted by atomic mass is 32.1. The molecule has 8 heteroatoms. The Hall–Kier alpha value is -3.23. The van der Waals surface area contributed by atoms with E-state index in [0.717, 1.165) is 27.8 Å². The zero-order chi connectivity index (χ0) is 21.5. The maximum Gasteiger partial charge on any atom is 0.193 e. The third kappa shape index (κ3) is 3.28. The topological polar surface area (TPSA) is 66.2 Å². The quantitative estimate of drug-likeness (QED) is 0.437. The number of thiazole rings is 1. The van der Waals surface area contributed by atoms with Gasteiger partial charge in [-0.25, -0.2) is 4.98 Å². The number of aromatic hydroxyl groups is 1. The average Bonchev–Trinajstić information content (AvgIpc) is 3.47. The summed E-state index contributed by atoms with van der Waals surface area (Å²) >= 11 is 7.36. The molecule has 2 N–H and O–H groups in total. The third-order valence-electron chi connectivity index (χ3n) is 5.64. The molecule has 0 amide bonds. The minimum atomic E-state index is -0.185. The van der Waals surface area contributed by atoms with Gasteiger partial charge in [0.2, 0.25) is 0 Å². The molecule has 31 heavy (non-hydrogen) atoms. The summed E-state index contributed by atoms with van der Waals surface area (Å²) in [7, 11) is 0. The lowest BCUT2D eigenvalue weighted by Gasteiger charge is -2.28. The second-order valence-electron chi connectivity index (χ2n) is 7.46. The Morgan fingerprint density at radius 1 is 1.06 bits per heavy atom. The predicted octanol–water partition coefficient (Wildman–Crippen LogP) is 4.83. The molecular weight excluding hydrogens is 426 g/mol. The van der Waals surface area contributed by atoms with Crippen LogP contribution < -0.4 is 10.2 Å². The first-order chi connectivity index (χ1) is 15.1. The van der Waals surface area contributed by atoms with E-state index in [4.69, 9.17) is 12.2 Å².